The van der Waals surface area contributed by atoms with Crippen molar-refractivity contribution in [2.75, 3.05) is 20.1 Å². The van der Waals surface area contributed by atoms with Gasteiger partial charge in [0.05, 0.1) is 5.69 Å². The Morgan fingerprint density at radius 1 is 1.47 bits per heavy atom. The van der Waals surface area contributed by atoms with Gasteiger partial charge in [0.1, 0.15) is 5.52 Å². The highest BCUT2D eigenvalue weighted by atomic mass is 32.1. The zero-order valence-corrected chi connectivity index (χ0v) is 11.6. The second-order valence-corrected chi connectivity index (χ2v) is 4.77. The Morgan fingerprint density at radius 2 is 2.18 bits per heavy atom. The standard InChI is InChI=1S/C11H19N5S/c1-5-14(3)6-7-16-10-9(12-11(16)17)8(2)13-15(10)4/h5-7H2,1-4H3,(H,12,17). The van der Waals surface area contributed by atoms with Gasteiger partial charge in [-0.1, -0.05) is 6.92 Å². The third kappa shape index (κ3) is 2.14. The van der Waals surface area contributed by atoms with Crippen molar-refractivity contribution in [3.05, 3.63) is 10.5 Å². The lowest BCUT2D eigenvalue weighted by Gasteiger charge is -2.14. The van der Waals surface area contributed by atoms with Crippen LogP contribution in [-0.2, 0) is 13.6 Å². The number of likely N-dealkylation sites (N-methyl/N-ethyl adjacent to an activating group) is 1. The second kappa shape index (κ2) is 4.62. The van der Waals surface area contributed by atoms with Crippen LogP contribution in [0.25, 0.3) is 11.2 Å². The number of rotatable bonds is 4. The van der Waals surface area contributed by atoms with Crippen LogP contribution in [0.5, 0.6) is 0 Å². The Labute approximate surface area is 106 Å². The molecule has 6 heteroatoms. The summed E-state index contributed by atoms with van der Waals surface area (Å²) in [6.07, 6.45) is 0. The van der Waals surface area contributed by atoms with E-state index in [-0.39, 0.29) is 0 Å². The summed E-state index contributed by atoms with van der Waals surface area (Å²) in [5.74, 6) is 0. The molecule has 0 spiro atoms. The third-order valence-electron chi connectivity index (χ3n) is 3.17. The molecule has 0 amide bonds. The number of imidazole rings is 1. The molecule has 0 bridgehead atoms. The Kier molecular flexibility index (Phi) is 3.35. The Hall–Kier alpha value is -1.14. The number of hydrogen-bond donors (Lipinski definition) is 1. The lowest BCUT2D eigenvalue weighted by atomic mass is 10.4. The van der Waals surface area contributed by atoms with Gasteiger partial charge in [-0.15, -0.1) is 0 Å². The van der Waals surface area contributed by atoms with Crippen LogP contribution in [0.4, 0.5) is 0 Å². The molecule has 94 valence electrons. The van der Waals surface area contributed by atoms with Crippen LogP contribution >= 0.6 is 12.2 Å². The molecule has 0 fully saturated rings. The molecular weight excluding hydrogens is 234 g/mol. The Balaban J connectivity index is 2.39. The average molecular weight is 253 g/mol. The molecule has 2 aromatic heterocycles. The van der Waals surface area contributed by atoms with E-state index in [2.05, 4.69) is 33.5 Å². The largest absolute Gasteiger partial charge is 0.328 e. The van der Waals surface area contributed by atoms with E-state index in [4.69, 9.17) is 12.2 Å². The number of fused-ring (bicyclic) bond motifs is 1. The van der Waals surface area contributed by atoms with E-state index in [1.165, 1.54) is 0 Å². The SMILES string of the molecule is CCN(C)CCn1c(=S)[nH]c2c(C)nn(C)c21. The summed E-state index contributed by atoms with van der Waals surface area (Å²) in [5.41, 5.74) is 3.13. The maximum atomic E-state index is 5.36. The van der Waals surface area contributed by atoms with Crippen molar-refractivity contribution in [2.45, 2.75) is 20.4 Å². The maximum Gasteiger partial charge on any atom is 0.179 e. The second-order valence-electron chi connectivity index (χ2n) is 4.39. The van der Waals surface area contributed by atoms with Gasteiger partial charge in [-0.3, -0.25) is 4.68 Å². The first-order chi connectivity index (χ1) is 8.04. The number of aromatic nitrogens is 4. The zero-order valence-electron chi connectivity index (χ0n) is 10.8. The minimum Gasteiger partial charge on any atom is -0.328 e. The summed E-state index contributed by atoms with van der Waals surface area (Å²) in [4.78, 5) is 5.50. The summed E-state index contributed by atoms with van der Waals surface area (Å²) >= 11 is 5.36. The Bertz CT molecular complexity index is 576. The molecule has 0 aromatic carbocycles. The van der Waals surface area contributed by atoms with Crippen molar-refractivity contribution in [2.24, 2.45) is 7.05 Å². The van der Waals surface area contributed by atoms with Gasteiger partial charge in [-0.05, 0) is 32.7 Å². The first kappa shape index (κ1) is 12.3. The highest BCUT2D eigenvalue weighted by Crippen LogP contribution is 2.16. The van der Waals surface area contributed by atoms with E-state index in [0.29, 0.717) is 0 Å². The number of aromatic amines is 1. The number of H-pyrrole nitrogens is 1. The molecule has 0 radical (unpaired) electrons. The van der Waals surface area contributed by atoms with E-state index < -0.39 is 0 Å². The van der Waals surface area contributed by atoms with Gasteiger partial charge < -0.3 is 14.5 Å². The van der Waals surface area contributed by atoms with Crippen LogP contribution < -0.4 is 0 Å². The smallest absolute Gasteiger partial charge is 0.179 e. The molecule has 2 rings (SSSR count). The number of aryl methyl sites for hydroxylation is 2. The summed E-state index contributed by atoms with van der Waals surface area (Å²) in [6.45, 7) is 7.08. The lowest BCUT2D eigenvalue weighted by molar-refractivity contribution is 0.335. The van der Waals surface area contributed by atoms with Crippen LogP contribution in [0, 0.1) is 11.7 Å². The van der Waals surface area contributed by atoms with Crippen molar-refractivity contribution in [1.29, 1.82) is 0 Å². The fraction of sp³-hybridized carbons (Fsp3) is 0.636. The molecule has 0 aliphatic heterocycles. The minimum absolute atomic E-state index is 0.778. The fourth-order valence-corrected chi connectivity index (χ4v) is 2.29. The summed E-state index contributed by atoms with van der Waals surface area (Å²) < 4.78 is 4.79. The van der Waals surface area contributed by atoms with Gasteiger partial charge in [0.15, 0.2) is 10.4 Å². The van der Waals surface area contributed by atoms with E-state index in [0.717, 1.165) is 41.3 Å². The Morgan fingerprint density at radius 3 is 2.82 bits per heavy atom. The molecular formula is C11H19N5S. The van der Waals surface area contributed by atoms with Gasteiger partial charge in [0.2, 0.25) is 0 Å². The van der Waals surface area contributed by atoms with Crippen molar-refractivity contribution < 1.29 is 0 Å². The normalized spacial score (nSPS) is 11.8. The maximum absolute atomic E-state index is 5.36. The van der Waals surface area contributed by atoms with Gasteiger partial charge >= 0.3 is 0 Å². The molecule has 2 aromatic rings. The van der Waals surface area contributed by atoms with Gasteiger partial charge in [0, 0.05) is 20.1 Å². The first-order valence-electron chi connectivity index (χ1n) is 5.85. The molecule has 1 N–H and O–H groups in total. The fourth-order valence-electron chi connectivity index (χ4n) is 2.01. The van der Waals surface area contributed by atoms with E-state index in [1.54, 1.807) is 0 Å². The van der Waals surface area contributed by atoms with Crippen molar-refractivity contribution in [1.82, 2.24) is 24.2 Å². The minimum atomic E-state index is 0.778. The van der Waals surface area contributed by atoms with Crippen molar-refractivity contribution >= 4 is 23.4 Å². The zero-order chi connectivity index (χ0) is 12.6. The first-order valence-corrected chi connectivity index (χ1v) is 6.26. The molecule has 0 saturated heterocycles. The van der Waals surface area contributed by atoms with E-state index in [1.807, 2.05) is 18.7 Å². The van der Waals surface area contributed by atoms with E-state index in [9.17, 15) is 0 Å². The molecule has 5 nitrogen and oxygen atoms in total. The molecule has 0 unspecified atom stereocenters. The highest BCUT2D eigenvalue weighted by Gasteiger charge is 2.12. The lowest BCUT2D eigenvalue weighted by Crippen LogP contribution is -2.23. The predicted octanol–water partition coefficient (Wildman–Crippen LogP) is 1.69. The summed E-state index contributed by atoms with van der Waals surface area (Å²) in [7, 11) is 4.07. The quantitative estimate of drug-likeness (QED) is 0.843. The predicted molar refractivity (Wildman–Crippen MR) is 71.8 cm³/mol. The van der Waals surface area contributed by atoms with Crippen LogP contribution in [0.3, 0.4) is 0 Å². The summed E-state index contributed by atoms with van der Waals surface area (Å²) in [6, 6.07) is 0. The molecule has 0 saturated carbocycles. The molecule has 0 atom stereocenters. The van der Waals surface area contributed by atoms with Crippen LogP contribution in [0.1, 0.15) is 12.6 Å². The van der Waals surface area contributed by atoms with Gasteiger partial charge in [-0.2, -0.15) is 5.10 Å². The third-order valence-corrected chi connectivity index (χ3v) is 3.49. The van der Waals surface area contributed by atoms with Crippen LogP contribution in [0.2, 0.25) is 0 Å². The highest BCUT2D eigenvalue weighted by molar-refractivity contribution is 7.71. The van der Waals surface area contributed by atoms with Gasteiger partial charge in [0.25, 0.3) is 0 Å². The monoisotopic (exact) mass is 253 g/mol. The molecule has 0 aliphatic carbocycles. The molecule has 0 aliphatic rings. The molecule has 2 heterocycles. The van der Waals surface area contributed by atoms with Crippen molar-refractivity contribution in [3.8, 4) is 0 Å². The van der Waals surface area contributed by atoms with Crippen LogP contribution in [0.15, 0.2) is 0 Å². The number of nitrogens with one attached hydrogen (secondary N) is 1. The van der Waals surface area contributed by atoms with Crippen molar-refractivity contribution in [3.63, 3.8) is 0 Å². The average Bonchev–Trinajstić information content (AvgIpc) is 2.75. The summed E-state index contributed by atoms with van der Waals surface area (Å²) in [5, 5.41) is 4.40. The topological polar surface area (TPSA) is 41.8 Å². The number of hydrogen-bond acceptors (Lipinski definition) is 3. The van der Waals surface area contributed by atoms with Gasteiger partial charge in [-0.25, -0.2) is 0 Å². The van der Waals surface area contributed by atoms with E-state index >= 15 is 0 Å². The number of nitrogens with zero attached hydrogens (tertiary/aromatic N) is 4. The molecule has 17 heavy (non-hydrogen) atoms. The van der Waals surface area contributed by atoms with Crippen LogP contribution in [-0.4, -0.2) is 44.4 Å².